The summed E-state index contributed by atoms with van der Waals surface area (Å²) in [6.07, 6.45) is -13.8. The van der Waals surface area contributed by atoms with Gasteiger partial charge in [-0.3, -0.25) is 4.79 Å². The van der Waals surface area contributed by atoms with Crippen LogP contribution in [0, 0.1) is 0 Å². The molecule has 1 rings (SSSR count). The number of alkyl halides is 6. The van der Waals surface area contributed by atoms with Gasteiger partial charge in [-0.1, -0.05) is 0 Å². The summed E-state index contributed by atoms with van der Waals surface area (Å²) in [4.78, 5) is 11.4. The Balaban J connectivity index is 2.61. The van der Waals surface area contributed by atoms with Gasteiger partial charge in [-0.25, -0.2) is 8.42 Å². The second-order valence-corrected chi connectivity index (χ2v) is 6.80. The van der Waals surface area contributed by atoms with Gasteiger partial charge in [0.25, 0.3) is 0 Å². The van der Waals surface area contributed by atoms with Crippen molar-refractivity contribution in [3.05, 3.63) is 0 Å². The van der Waals surface area contributed by atoms with Crippen LogP contribution in [0.5, 0.6) is 0 Å². The van der Waals surface area contributed by atoms with Crippen LogP contribution in [0.25, 0.3) is 0 Å². The summed E-state index contributed by atoms with van der Waals surface area (Å²) in [5, 5.41) is 0. The molecule has 1 saturated heterocycles. The Bertz CT molecular complexity index is 584. The van der Waals surface area contributed by atoms with Crippen molar-refractivity contribution in [2.24, 2.45) is 0 Å². The van der Waals surface area contributed by atoms with Gasteiger partial charge in [-0.2, -0.15) is 26.3 Å². The lowest BCUT2D eigenvalue weighted by Crippen LogP contribution is -2.63. The number of hydrogen-bond donors (Lipinski definition) is 0. The Morgan fingerprint density at radius 2 is 1.56 bits per heavy atom. The Labute approximate surface area is 149 Å². The number of carbonyl (C=O) groups is 1. The standard InChI is InChI=1S/C12H16F6O8S/c13-11(14,15)10(12(16,17)18,7-27(20,21)22)26-9(19)1-2-23-3-4-24-5-8-6-25-8/h8H,1-7H2,(H,20,21,22)/p-1. The first-order chi connectivity index (χ1) is 12.2. The minimum Gasteiger partial charge on any atom is -0.748 e. The summed E-state index contributed by atoms with van der Waals surface area (Å²) in [5.74, 6) is -5.07. The lowest BCUT2D eigenvalue weighted by atomic mass is 10.1. The second-order valence-electron chi connectivity index (χ2n) is 5.39. The molecule has 0 saturated carbocycles. The Morgan fingerprint density at radius 1 is 1.04 bits per heavy atom. The summed E-state index contributed by atoms with van der Waals surface area (Å²) in [6, 6.07) is 0. The van der Waals surface area contributed by atoms with E-state index in [9.17, 15) is 44.1 Å². The number of halogens is 6. The lowest BCUT2D eigenvalue weighted by molar-refractivity contribution is -0.361. The maximum atomic E-state index is 12.9. The number of rotatable bonds is 11. The fraction of sp³-hybridized carbons (Fsp3) is 0.917. The Morgan fingerprint density at radius 3 is 2.00 bits per heavy atom. The van der Waals surface area contributed by atoms with Crippen molar-refractivity contribution in [1.82, 2.24) is 0 Å². The van der Waals surface area contributed by atoms with E-state index in [0.717, 1.165) is 0 Å². The molecule has 1 aliphatic heterocycles. The lowest BCUT2D eigenvalue weighted by Gasteiger charge is -2.36. The summed E-state index contributed by atoms with van der Waals surface area (Å²) in [5.41, 5.74) is -5.47. The molecule has 160 valence electrons. The number of esters is 1. The number of epoxide rings is 1. The minimum atomic E-state index is -6.39. The molecular formula is C12H15F6O8S-. The van der Waals surface area contributed by atoms with E-state index in [0.29, 0.717) is 6.61 Å². The smallest absolute Gasteiger partial charge is 0.438 e. The maximum Gasteiger partial charge on any atom is 0.438 e. The van der Waals surface area contributed by atoms with Gasteiger partial charge in [0.05, 0.1) is 55.3 Å². The zero-order valence-corrected chi connectivity index (χ0v) is 14.3. The van der Waals surface area contributed by atoms with Gasteiger partial charge < -0.3 is 23.5 Å². The van der Waals surface area contributed by atoms with Crippen molar-refractivity contribution < 1.29 is 63.1 Å². The molecule has 15 heteroatoms. The molecule has 0 bridgehead atoms. The normalized spacial score (nSPS) is 18.4. The van der Waals surface area contributed by atoms with Gasteiger partial charge in [0.15, 0.2) is 0 Å². The molecular weight excluding hydrogens is 418 g/mol. The van der Waals surface area contributed by atoms with E-state index in [4.69, 9.17) is 14.2 Å². The van der Waals surface area contributed by atoms with Crippen LogP contribution in [0.2, 0.25) is 0 Å². The summed E-state index contributed by atoms with van der Waals surface area (Å²) >= 11 is 0. The molecule has 0 aromatic carbocycles. The topological polar surface area (TPSA) is 114 Å². The summed E-state index contributed by atoms with van der Waals surface area (Å²) in [7, 11) is -6.06. The van der Waals surface area contributed by atoms with Crippen molar-refractivity contribution in [2.75, 3.05) is 38.8 Å². The Kier molecular flexibility index (Phi) is 7.87. The van der Waals surface area contributed by atoms with E-state index < -0.39 is 52.8 Å². The molecule has 0 aliphatic carbocycles. The van der Waals surface area contributed by atoms with E-state index in [1.807, 2.05) is 0 Å². The van der Waals surface area contributed by atoms with Crippen molar-refractivity contribution in [3.63, 3.8) is 0 Å². The highest BCUT2D eigenvalue weighted by atomic mass is 32.2. The third-order valence-corrected chi connectivity index (χ3v) is 3.87. The number of carbonyl (C=O) groups excluding carboxylic acids is 1. The molecule has 0 N–H and O–H groups in total. The van der Waals surface area contributed by atoms with Crippen LogP contribution in [-0.2, 0) is 33.9 Å². The third kappa shape index (κ3) is 7.77. The second kappa shape index (κ2) is 8.89. The van der Waals surface area contributed by atoms with E-state index >= 15 is 0 Å². The molecule has 0 radical (unpaired) electrons. The van der Waals surface area contributed by atoms with Gasteiger partial charge >= 0.3 is 23.9 Å². The average molecular weight is 433 g/mol. The van der Waals surface area contributed by atoms with Crippen LogP contribution >= 0.6 is 0 Å². The summed E-state index contributed by atoms with van der Waals surface area (Å²) < 4.78 is 127. The first-order valence-electron chi connectivity index (χ1n) is 7.24. The molecule has 0 aromatic heterocycles. The van der Waals surface area contributed by atoms with E-state index in [2.05, 4.69) is 4.74 Å². The third-order valence-electron chi connectivity index (χ3n) is 3.11. The number of hydrogen-bond acceptors (Lipinski definition) is 8. The fourth-order valence-corrected chi connectivity index (χ4v) is 2.60. The monoisotopic (exact) mass is 433 g/mol. The van der Waals surface area contributed by atoms with Crippen molar-refractivity contribution in [1.29, 1.82) is 0 Å². The minimum absolute atomic E-state index is 0.0184. The average Bonchev–Trinajstić information content (AvgIpc) is 3.25. The SMILES string of the molecule is O=C(CCOCCOCC1CO1)OC(CS(=O)(=O)[O-])(C(F)(F)F)C(F)(F)F. The summed E-state index contributed by atoms with van der Waals surface area (Å²) in [6.45, 7) is 0.149. The molecule has 0 spiro atoms. The molecule has 0 amide bonds. The molecule has 1 atom stereocenters. The van der Waals surface area contributed by atoms with Crippen LogP contribution in [0.4, 0.5) is 26.3 Å². The van der Waals surface area contributed by atoms with Crippen LogP contribution in [0.3, 0.4) is 0 Å². The highest BCUT2D eigenvalue weighted by Crippen LogP contribution is 2.46. The molecule has 1 fully saturated rings. The Hall–Kier alpha value is -1.16. The van der Waals surface area contributed by atoms with Crippen molar-refractivity contribution in [2.45, 2.75) is 30.5 Å². The fourth-order valence-electron chi connectivity index (χ4n) is 1.72. The molecule has 0 aromatic rings. The van der Waals surface area contributed by atoms with Gasteiger partial charge in [-0.15, -0.1) is 0 Å². The van der Waals surface area contributed by atoms with Gasteiger partial charge in [-0.05, 0) is 0 Å². The molecule has 1 aliphatic rings. The van der Waals surface area contributed by atoms with Crippen molar-refractivity contribution in [3.8, 4) is 0 Å². The quantitative estimate of drug-likeness (QED) is 0.154. The number of ether oxygens (including phenoxy) is 4. The van der Waals surface area contributed by atoms with Crippen LogP contribution in [0.1, 0.15) is 6.42 Å². The van der Waals surface area contributed by atoms with Crippen LogP contribution in [0.15, 0.2) is 0 Å². The van der Waals surface area contributed by atoms with E-state index in [-0.39, 0.29) is 25.9 Å². The highest BCUT2D eigenvalue weighted by molar-refractivity contribution is 7.85. The zero-order valence-electron chi connectivity index (χ0n) is 13.5. The maximum absolute atomic E-state index is 12.9. The largest absolute Gasteiger partial charge is 0.748 e. The zero-order chi connectivity index (χ0) is 20.9. The molecule has 8 nitrogen and oxygen atoms in total. The first-order valence-corrected chi connectivity index (χ1v) is 8.81. The van der Waals surface area contributed by atoms with E-state index in [1.54, 1.807) is 0 Å². The highest BCUT2D eigenvalue weighted by Gasteiger charge is 2.75. The van der Waals surface area contributed by atoms with Gasteiger partial charge in [0.1, 0.15) is 6.10 Å². The van der Waals surface area contributed by atoms with Gasteiger partial charge in [0.2, 0.25) is 0 Å². The van der Waals surface area contributed by atoms with E-state index in [1.165, 1.54) is 0 Å². The molecule has 1 unspecified atom stereocenters. The predicted molar refractivity (Wildman–Crippen MR) is 71.5 cm³/mol. The van der Waals surface area contributed by atoms with Crippen molar-refractivity contribution >= 4 is 16.1 Å². The predicted octanol–water partition coefficient (Wildman–Crippen LogP) is 0.760. The molecule has 27 heavy (non-hydrogen) atoms. The van der Waals surface area contributed by atoms with Crippen LogP contribution in [-0.4, -0.2) is 81.8 Å². The van der Waals surface area contributed by atoms with Crippen LogP contribution < -0.4 is 0 Å². The van der Waals surface area contributed by atoms with Gasteiger partial charge in [0, 0.05) is 0 Å². The first kappa shape index (κ1) is 23.9. The molecule has 1 heterocycles.